The molecule has 0 aromatic heterocycles. The molecular weight excluding hydrogens is 662 g/mol. The van der Waals surface area contributed by atoms with Gasteiger partial charge in [0.25, 0.3) is 11.8 Å². The molecule has 2 N–H and O–H groups in total. The van der Waals surface area contributed by atoms with Crippen molar-refractivity contribution in [2.24, 2.45) is 23.7 Å². The molecule has 7 rings (SSSR count). The molecule has 242 valence electrons. The van der Waals surface area contributed by atoms with E-state index in [9.17, 15) is 19.5 Å². The predicted molar refractivity (Wildman–Crippen MR) is 178 cm³/mol. The molecule has 2 heterocycles. The van der Waals surface area contributed by atoms with E-state index >= 15 is 4.79 Å². The van der Waals surface area contributed by atoms with Gasteiger partial charge in [-0.25, -0.2) is 0 Å². The number of likely N-dealkylation sites (tertiary alicyclic amines) is 1. The number of anilines is 1. The van der Waals surface area contributed by atoms with Crippen molar-refractivity contribution in [3.05, 3.63) is 99.5 Å². The minimum atomic E-state index is -1.48. The number of rotatable bonds is 7. The van der Waals surface area contributed by atoms with E-state index in [0.29, 0.717) is 40.7 Å². The lowest BCUT2D eigenvalue weighted by Crippen LogP contribution is -2.53. The second-order valence-electron chi connectivity index (χ2n) is 13.0. The van der Waals surface area contributed by atoms with Gasteiger partial charge in [0, 0.05) is 22.5 Å². The lowest BCUT2D eigenvalue weighted by molar-refractivity contribution is -0.141. The number of fused-ring (bicyclic) bond motifs is 4. The fraction of sp³-hybridized carbons (Fsp3) is 0.351. The summed E-state index contributed by atoms with van der Waals surface area (Å²) in [7, 11) is 1.46. The van der Waals surface area contributed by atoms with Crippen LogP contribution in [-0.2, 0) is 24.6 Å². The third-order valence-corrected chi connectivity index (χ3v) is 11.0. The quantitative estimate of drug-likeness (QED) is 0.235. The van der Waals surface area contributed by atoms with Crippen molar-refractivity contribution in [2.45, 2.75) is 44.4 Å². The summed E-state index contributed by atoms with van der Waals surface area (Å²) < 4.78 is 6.18. The number of nitrogens with zero attached hydrogens (tertiary/aromatic N) is 2. The van der Waals surface area contributed by atoms with E-state index in [1.165, 1.54) is 12.0 Å². The molecule has 0 spiro atoms. The van der Waals surface area contributed by atoms with Gasteiger partial charge in [-0.3, -0.25) is 29.5 Å². The van der Waals surface area contributed by atoms with Crippen LogP contribution in [0.5, 0.6) is 11.5 Å². The van der Waals surface area contributed by atoms with E-state index < -0.39 is 46.8 Å². The highest BCUT2D eigenvalue weighted by Crippen LogP contribution is 2.65. The standard InChI is InChI=1S/C37H36BrN3O6/c1-4-16-40-33(43)25-15-14-24-26(30(25)35(40)45)19-28-34(44)41(39-23-12-10-20(2)11-13-23)36(46)37(28,21-8-6-5-7-9-21)31(24)27-17-22(38)18-29(47-3)32(27)42/h5-14,17-18,25-26,28,30-31,39,42H,4,15-16,19H2,1-3H3. The Morgan fingerprint density at radius 3 is 2.38 bits per heavy atom. The first-order valence-electron chi connectivity index (χ1n) is 16.0. The zero-order chi connectivity index (χ0) is 33.2. The van der Waals surface area contributed by atoms with Crippen LogP contribution < -0.4 is 10.2 Å². The fourth-order valence-corrected chi connectivity index (χ4v) is 9.03. The van der Waals surface area contributed by atoms with E-state index in [1.54, 1.807) is 12.1 Å². The molecule has 10 heteroatoms. The Morgan fingerprint density at radius 2 is 1.70 bits per heavy atom. The van der Waals surface area contributed by atoms with E-state index in [1.807, 2.05) is 74.5 Å². The molecule has 0 bridgehead atoms. The first kappa shape index (κ1) is 31.2. The first-order chi connectivity index (χ1) is 22.6. The Hall–Kier alpha value is -4.44. The Bertz CT molecular complexity index is 1830. The zero-order valence-electron chi connectivity index (χ0n) is 26.4. The number of hydrazine groups is 1. The number of carbonyl (C=O) groups is 4. The van der Waals surface area contributed by atoms with E-state index in [0.717, 1.165) is 16.1 Å². The van der Waals surface area contributed by atoms with Gasteiger partial charge in [-0.2, -0.15) is 5.01 Å². The van der Waals surface area contributed by atoms with Gasteiger partial charge in [0.15, 0.2) is 11.5 Å². The van der Waals surface area contributed by atoms with Gasteiger partial charge in [0.1, 0.15) is 0 Å². The molecule has 4 aliphatic rings. The summed E-state index contributed by atoms with van der Waals surface area (Å²) in [5.41, 5.74) is 5.02. The number of nitrogens with one attached hydrogen (secondary N) is 1. The summed E-state index contributed by atoms with van der Waals surface area (Å²) in [6.45, 7) is 4.22. The average Bonchev–Trinajstić information content (AvgIpc) is 3.44. The maximum absolute atomic E-state index is 15.2. The normalized spacial score (nSPS) is 28.2. The van der Waals surface area contributed by atoms with Crippen LogP contribution in [0.15, 0.2) is 82.9 Å². The van der Waals surface area contributed by atoms with Crippen molar-refractivity contribution in [1.29, 1.82) is 0 Å². The number of methoxy groups -OCH3 is 1. The molecule has 47 heavy (non-hydrogen) atoms. The van der Waals surface area contributed by atoms with Crippen LogP contribution in [0.3, 0.4) is 0 Å². The van der Waals surface area contributed by atoms with Crippen molar-refractivity contribution >= 4 is 45.2 Å². The monoisotopic (exact) mass is 697 g/mol. The number of benzene rings is 3. The van der Waals surface area contributed by atoms with Crippen molar-refractivity contribution < 1.29 is 29.0 Å². The Morgan fingerprint density at radius 1 is 0.979 bits per heavy atom. The van der Waals surface area contributed by atoms with Gasteiger partial charge in [-0.1, -0.05) is 82.5 Å². The highest BCUT2D eigenvalue weighted by molar-refractivity contribution is 9.10. The van der Waals surface area contributed by atoms with Gasteiger partial charge < -0.3 is 9.84 Å². The summed E-state index contributed by atoms with van der Waals surface area (Å²) in [5.74, 6) is -4.69. The van der Waals surface area contributed by atoms with Gasteiger partial charge in [0.2, 0.25) is 11.8 Å². The van der Waals surface area contributed by atoms with Crippen LogP contribution in [-0.4, -0.2) is 52.3 Å². The summed E-state index contributed by atoms with van der Waals surface area (Å²) in [5, 5.41) is 12.9. The van der Waals surface area contributed by atoms with Gasteiger partial charge in [-0.15, -0.1) is 0 Å². The minimum absolute atomic E-state index is 0.148. The van der Waals surface area contributed by atoms with Crippen molar-refractivity contribution in [3.8, 4) is 11.5 Å². The Balaban J connectivity index is 1.48. The molecule has 9 nitrogen and oxygen atoms in total. The fourth-order valence-electron chi connectivity index (χ4n) is 8.57. The number of carbonyl (C=O) groups excluding carboxylic acids is 4. The third kappa shape index (κ3) is 4.55. The molecular formula is C37H36BrN3O6. The molecule has 6 unspecified atom stereocenters. The molecule has 3 aromatic rings. The van der Waals surface area contributed by atoms with Crippen molar-refractivity contribution in [3.63, 3.8) is 0 Å². The van der Waals surface area contributed by atoms with Crippen LogP contribution in [0.1, 0.15) is 48.8 Å². The smallest absolute Gasteiger partial charge is 0.260 e. The molecule has 3 aromatic carbocycles. The Kier molecular flexibility index (Phi) is 7.74. The molecule has 2 saturated heterocycles. The van der Waals surface area contributed by atoms with Crippen LogP contribution in [0.4, 0.5) is 5.69 Å². The molecule has 0 radical (unpaired) electrons. The topological polar surface area (TPSA) is 116 Å². The highest BCUT2D eigenvalue weighted by Gasteiger charge is 2.70. The maximum Gasteiger partial charge on any atom is 0.260 e. The minimum Gasteiger partial charge on any atom is -0.504 e. The molecule has 6 atom stereocenters. The number of ether oxygens (including phenoxy) is 1. The predicted octanol–water partition coefficient (Wildman–Crippen LogP) is 5.87. The third-order valence-electron chi connectivity index (χ3n) is 10.5. The van der Waals surface area contributed by atoms with Crippen LogP contribution in [0.25, 0.3) is 0 Å². The van der Waals surface area contributed by atoms with E-state index in [2.05, 4.69) is 21.4 Å². The maximum atomic E-state index is 15.2. The lowest BCUT2D eigenvalue weighted by Gasteiger charge is -2.50. The summed E-state index contributed by atoms with van der Waals surface area (Å²) in [6.07, 6.45) is 3.15. The second kappa shape index (κ2) is 11.7. The number of aryl methyl sites for hydroxylation is 1. The first-order valence-corrected chi connectivity index (χ1v) is 16.8. The SMILES string of the molecule is CCCN1C(=O)C2CC=C3C(CC4C(=O)N(Nc5ccc(C)cc5)C(=O)C4(c4ccccc4)C3c3cc(Br)cc(OC)c3O)C2C1=O. The van der Waals surface area contributed by atoms with Gasteiger partial charge >= 0.3 is 0 Å². The largest absolute Gasteiger partial charge is 0.504 e. The number of aromatic hydroxyl groups is 1. The molecule has 4 amide bonds. The number of halogens is 1. The van der Waals surface area contributed by atoms with Gasteiger partial charge in [-0.05, 0) is 61.9 Å². The number of amides is 4. The average molecular weight is 699 g/mol. The molecule has 2 aliphatic heterocycles. The van der Waals surface area contributed by atoms with Crippen molar-refractivity contribution in [1.82, 2.24) is 9.91 Å². The molecule has 2 aliphatic carbocycles. The summed E-state index contributed by atoms with van der Waals surface area (Å²) in [6, 6.07) is 20.1. The van der Waals surface area contributed by atoms with Crippen LogP contribution in [0.2, 0.25) is 0 Å². The summed E-state index contributed by atoms with van der Waals surface area (Å²) >= 11 is 3.57. The van der Waals surface area contributed by atoms with Crippen molar-refractivity contribution in [2.75, 3.05) is 19.1 Å². The van der Waals surface area contributed by atoms with Gasteiger partial charge in [0.05, 0.1) is 36.0 Å². The molecule has 1 saturated carbocycles. The number of imide groups is 2. The van der Waals surface area contributed by atoms with E-state index in [4.69, 9.17) is 4.74 Å². The van der Waals surface area contributed by atoms with E-state index in [-0.39, 0.29) is 29.7 Å². The number of allylic oxidation sites excluding steroid dienone is 2. The lowest BCUT2D eigenvalue weighted by atomic mass is 9.49. The molecule has 3 fully saturated rings. The number of hydrogen-bond acceptors (Lipinski definition) is 7. The van der Waals surface area contributed by atoms with Crippen LogP contribution in [0, 0.1) is 30.6 Å². The highest BCUT2D eigenvalue weighted by atomic mass is 79.9. The zero-order valence-corrected chi connectivity index (χ0v) is 28.0. The number of phenolic OH excluding ortho intramolecular Hbond substituents is 1. The summed E-state index contributed by atoms with van der Waals surface area (Å²) in [4.78, 5) is 58.8. The van der Waals surface area contributed by atoms with Crippen LogP contribution >= 0.6 is 15.9 Å². The Labute approximate surface area is 281 Å². The number of phenols is 1. The second-order valence-corrected chi connectivity index (χ2v) is 13.9. The number of hydrogen-bond donors (Lipinski definition) is 2.